The molecule has 2 fully saturated rings. The number of piperazine rings is 1. The monoisotopic (exact) mass is 370 g/mol. The van der Waals surface area contributed by atoms with E-state index in [4.69, 9.17) is 4.74 Å². The molecule has 4 rings (SSSR count). The van der Waals surface area contributed by atoms with Crippen LogP contribution in [0.4, 0.5) is 0 Å². The summed E-state index contributed by atoms with van der Waals surface area (Å²) in [4.78, 5) is 7.57. The van der Waals surface area contributed by atoms with Crippen molar-refractivity contribution in [1.82, 2.24) is 19.3 Å². The predicted molar refractivity (Wildman–Crippen MR) is 111 cm³/mol. The summed E-state index contributed by atoms with van der Waals surface area (Å²) in [6, 6.07) is 8.92. The normalized spacial score (nSPS) is 20.5. The van der Waals surface area contributed by atoms with Crippen LogP contribution in [0.2, 0.25) is 0 Å². The Morgan fingerprint density at radius 3 is 2.41 bits per heavy atom. The van der Waals surface area contributed by atoms with Gasteiger partial charge in [0, 0.05) is 69.5 Å². The van der Waals surface area contributed by atoms with Crippen molar-refractivity contribution in [1.29, 1.82) is 0 Å². The van der Waals surface area contributed by atoms with Gasteiger partial charge in [-0.3, -0.25) is 4.90 Å². The van der Waals surface area contributed by atoms with Gasteiger partial charge in [-0.25, -0.2) is 0 Å². The zero-order valence-corrected chi connectivity index (χ0v) is 16.8. The summed E-state index contributed by atoms with van der Waals surface area (Å²) >= 11 is 0. The van der Waals surface area contributed by atoms with E-state index in [-0.39, 0.29) is 0 Å². The molecule has 5 heteroatoms. The number of rotatable bonds is 7. The van der Waals surface area contributed by atoms with Crippen LogP contribution >= 0.6 is 0 Å². The SMILES string of the molecule is CN1CCN(CCCc2cn(CCN3CCOCC3)c3ccccc23)CC1. The van der Waals surface area contributed by atoms with E-state index in [1.165, 1.54) is 62.0 Å². The van der Waals surface area contributed by atoms with Gasteiger partial charge in [0.25, 0.3) is 0 Å². The minimum absolute atomic E-state index is 0.879. The number of para-hydroxylation sites is 1. The number of ether oxygens (including phenoxy) is 1. The lowest BCUT2D eigenvalue weighted by Crippen LogP contribution is -2.44. The van der Waals surface area contributed by atoms with E-state index in [0.29, 0.717) is 0 Å². The van der Waals surface area contributed by atoms with Crippen LogP contribution in [0.15, 0.2) is 30.5 Å². The van der Waals surface area contributed by atoms with Gasteiger partial charge in [0.1, 0.15) is 0 Å². The first-order valence-electron chi connectivity index (χ1n) is 10.6. The van der Waals surface area contributed by atoms with Crippen LogP contribution in [0.5, 0.6) is 0 Å². The Labute approximate surface area is 163 Å². The fraction of sp³-hybridized carbons (Fsp3) is 0.636. The number of hydrogen-bond acceptors (Lipinski definition) is 4. The lowest BCUT2D eigenvalue weighted by molar-refractivity contribution is 0.0365. The second kappa shape index (κ2) is 9.20. The van der Waals surface area contributed by atoms with Crippen molar-refractivity contribution in [3.63, 3.8) is 0 Å². The third kappa shape index (κ3) is 4.91. The molecule has 148 valence electrons. The number of fused-ring (bicyclic) bond motifs is 1. The zero-order chi connectivity index (χ0) is 18.5. The number of nitrogens with zero attached hydrogens (tertiary/aromatic N) is 4. The number of hydrogen-bond donors (Lipinski definition) is 0. The van der Waals surface area contributed by atoms with Crippen LogP contribution in [0, 0.1) is 0 Å². The van der Waals surface area contributed by atoms with E-state index < -0.39 is 0 Å². The van der Waals surface area contributed by atoms with E-state index in [9.17, 15) is 0 Å². The van der Waals surface area contributed by atoms with Crippen LogP contribution in [-0.4, -0.2) is 91.9 Å². The summed E-state index contributed by atoms with van der Waals surface area (Å²) in [6.45, 7) is 12.2. The fourth-order valence-corrected chi connectivity index (χ4v) is 4.35. The molecule has 2 aliphatic rings. The maximum Gasteiger partial charge on any atom is 0.0594 e. The Morgan fingerprint density at radius 2 is 1.59 bits per heavy atom. The lowest BCUT2D eigenvalue weighted by atomic mass is 10.1. The molecule has 0 aliphatic carbocycles. The van der Waals surface area contributed by atoms with Gasteiger partial charge < -0.3 is 19.1 Å². The molecule has 1 aromatic heterocycles. The third-order valence-corrected chi connectivity index (χ3v) is 6.15. The fourth-order valence-electron chi connectivity index (χ4n) is 4.35. The molecule has 27 heavy (non-hydrogen) atoms. The molecule has 0 saturated carbocycles. The van der Waals surface area contributed by atoms with E-state index in [0.717, 1.165) is 39.4 Å². The van der Waals surface area contributed by atoms with Crippen LogP contribution in [0.25, 0.3) is 10.9 Å². The molecule has 0 unspecified atom stereocenters. The first kappa shape index (κ1) is 18.9. The summed E-state index contributed by atoms with van der Waals surface area (Å²) in [5, 5.41) is 1.44. The van der Waals surface area contributed by atoms with Gasteiger partial charge in [0.05, 0.1) is 13.2 Å². The summed E-state index contributed by atoms with van der Waals surface area (Å²) in [5.41, 5.74) is 2.90. The van der Waals surface area contributed by atoms with Gasteiger partial charge in [0.2, 0.25) is 0 Å². The van der Waals surface area contributed by atoms with Crippen LogP contribution in [0.3, 0.4) is 0 Å². The highest BCUT2D eigenvalue weighted by Gasteiger charge is 2.15. The van der Waals surface area contributed by atoms with Gasteiger partial charge in [0.15, 0.2) is 0 Å². The van der Waals surface area contributed by atoms with Crippen LogP contribution < -0.4 is 0 Å². The maximum atomic E-state index is 5.47. The Hall–Kier alpha value is -1.40. The van der Waals surface area contributed by atoms with Gasteiger partial charge in [-0.15, -0.1) is 0 Å². The van der Waals surface area contributed by atoms with Gasteiger partial charge in [-0.05, 0) is 38.1 Å². The van der Waals surface area contributed by atoms with Gasteiger partial charge in [-0.2, -0.15) is 0 Å². The first-order chi connectivity index (χ1) is 13.3. The lowest BCUT2D eigenvalue weighted by Gasteiger charge is -2.32. The van der Waals surface area contributed by atoms with Crippen molar-refractivity contribution in [2.45, 2.75) is 19.4 Å². The molecule has 0 radical (unpaired) electrons. The van der Waals surface area contributed by atoms with E-state index in [1.807, 2.05) is 0 Å². The topological polar surface area (TPSA) is 23.9 Å². The molecule has 0 N–H and O–H groups in total. The number of aromatic nitrogens is 1. The molecule has 0 amide bonds. The third-order valence-electron chi connectivity index (χ3n) is 6.15. The van der Waals surface area contributed by atoms with Crippen LogP contribution in [-0.2, 0) is 17.7 Å². The molecule has 2 saturated heterocycles. The highest BCUT2D eigenvalue weighted by molar-refractivity contribution is 5.84. The average Bonchev–Trinajstić information content (AvgIpc) is 3.07. The Morgan fingerprint density at radius 1 is 0.852 bits per heavy atom. The van der Waals surface area contributed by atoms with Crippen molar-refractivity contribution in [3.8, 4) is 0 Å². The number of likely N-dealkylation sites (N-methyl/N-ethyl adjacent to an activating group) is 1. The Bertz CT molecular complexity index is 714. The van der Waals surface area contributed by atoms with Crippen LogP contribution in [0.1, 0.15) is 12.0 Å². The van der Waals surface area contributed by atoms with Crippen molar-refractivity contribution < 1.29 is 4.74 Å². The molecular weight excluding hydrogens is 336 g/mol. The molecule has 0 spiro atoms. The summed E-state index contributed by atoms with van der Waals surface area (Å²) in [6.07, 6.45) is 4.84. The van der Waals surface area contributed by atoms with E-state index in [1.54, 1.807) is 0 Å². The van der Waals surface area contributed by atoms with Crippen molar-refractivity contribution in [2.75, 3.05) is 72.6 Å². The molecule has 3 heterocycles. The first-order valence-corrected chi connectivity index (χ1v) is 10.6. The minimum Gasteiger partial charge on any atom is -0.379 e. The summed E-state index contributed by atoms with van der Waals surface area (Å²) in [5.74, 6) is 0. The van der Waals surface area contributed by atoms with Crippen molar-refractivity contribution in [3.05, 3.63) is 36.0 Å². The second-order valence-corrected chi connectivity index (χ2v) is 8.07. The predicted octanol–water partition coefficient (Wildman–Crippen LogP) is 2.15. The molecule has 2 aromatic rings. The molecule has 0 atom stereocenters. The molecule has 0 bridgehead atoms. The van der Waals surface area contributed by atoms with Crippen molar-refractivity contribution in [2.24, 2.45) is 0 Å². The highest BCUT2D eigenvalue weighted by Crippen LogP contribution is 2.23. The average molecular weight is 371 g/mol. The standard InChI is InChI=1S/C22H34N4O/c1-23-9-11-24(12-10-23)8-4-5-20-19-26(22-7-3-2-6-21(20)22)14-13-25-15-17-27-18-16-25/h2-3,6-7,19H,4-5,8-18H2,1H3. The van der Waals surface area contributed by atoms with E-state index in [2.05, 4.69) is 56.8 Å². The molecular formula is C22H34N4O. The Kier molecular flexibility index (Phi) is 6.45. The molecule has 5 nitrogen and oxygen atoms in total. The zero-order valence-electron chi connectivity index (χ0n) is 16.8. The number of morpholine rings is 1. The maximum absolute atomic E-state index is 5.47. The smallest absolute Gasteiger partial charge is 0.0594 e. The summed E-state index contributed by atoms with van der Waals surface area (Å²) < 4.78 is 7.94. The number of benzene rings is 1. The highest BCUT2D eigenvalue weighted by atomic mass is 16.5. The second-order valence-electron chi connectivity index (χ2n) is 8.07. The van der Waals surface area contributed by atoms with Gasteiger partial charge >= 0.3 is 0 Å². The largest absolute Gasteiger partial charge is 0.379 e. The Balaban J connectivity index is 1.36. The van der Waals surface area contributed by atoms with Crippen molar-refractivity contribution >= 4 is 10.9 Å². The molecule has 1 aromatic carbocycles. The quantitative estimate of drug-likeness (QED) is 0.745. The number of aryl methyl sites for hydroxylation is 1. The van der Waals surface area contributed by atoms with Gasteiger partial charge in [-0.1, -0.05) is 18.2 Å². The van der Waals surface area contributed by atoms with E-state index >= 15 is 0 Å². The minimum atomic E-state index is 0.879. The molecule has 2 aliphatic heterocycles. The summed E-state index contributed by atoms with van der Waals surface area (Å²) in [7, 11) is 2.23.